The summed E-state index contributed by atoms with van der Waals surface area (Å²) in [5.41, 5.74) is 0. The number of esters is 1. The van der Waals surface area contributed by atoms with Gasteiger partial charge in [0.05, 0.1) is 12.0 Å². The number of hydrogen-bond acceptors (Lipinski definition) is 4. The van der Waals surface area contributed by atoms with E-state index in [1.165, 1.54) is 35.7 Å². The average molecular weight is 346 g/mol. The zero-order valence-corrected chi connectivity index (χ0v) is 14.2. The van der Waals surface area contributed by atoms with E-state index < -0.39 is 22.0 Å². The third-order valence-corrected chi connectivity index (χ3v) is 6.24. The Morgan fingerprint density at radius 3 is 2.50 bits per heavy atom. The van der Waals surface area contributed by atoms with Crippen molar-refractivity contribution in [3.05, 3.63) is 29.3 Å². The molecule has 122 valence electrons. The molecule has 1 aliphatic heterocycles. The Morgan fingerprint density at radius 1 is 1.32 bits per heavy atom. The molecule has 0 aromatic heterocycles. The van der Waals surface area contributed by atoms with Gasteiger partial charge in [0.2, 0.25) is 10.0 Å². The van der Waals surface area contributed by atoms with Crippen LogP contribution in [0.5, 0.6) is 0 Å². The molecule has 2 rings (SSSR count). The Kier molecular flexibility index (Phi) is 5.47. The van der Waals surface area contributed by atoms with Gasteiger partial charge in [-0.05, 0) is 49.9 Å². The zero-order valence-electron chi connectivity index (χ0n) is 12.7. The molecule has 0 saturated carbocycles. The SMILES string of the molecule is CC[C@H]1CCC[C@@H](C(=O)OC)N1S(=O)(=O)c1ccc(Cl)cc1. The van der Waals surface area contributed by atoms with Gasteiger partial charge in [-0.15, -0.1) is 0 Å². The minimum Gasteiger partial charge on any atom is -0.468 e. The van der Waals surface area contributed by atoms with E-state index in [4.69, 9.17) is 16.3 Å². The molecule has 1 heterocycles. The van der Waals surface area contributed by atoms with Gasteiger partial charge in [-0.2, -0.15) is 4.31 Å². The van der Waals surface area contributed by atoms with E-state index in [1.54, 1.807) is 0 Å². The molecule has 0 N–H and O–H groups in total. The Balaban J connectivity index is 2.46. The van der Waals surface area contributed by atoms with Crippen LogP contribution in [0.2, 0.25) is 5.02 Å². The molecule has 1 aromatic rings. The second-order valence-corrected chi connectivity index (χ2v) is 7.60. The third-order valence-electron chi connectivity index (χ3n) is 4.02. The smallest absolute Gasteiger partial charge is 0.324 e. The molecular formula is C15H20ClNO4S. The molecule has 1 saturated heterocycles. The first-order chi connectivity index (χ1) is 10.4. The predicted molar refractivity (Wildman–Crippen MR) is 84.2 cm³/mol. The number of nitrogens with zero attached hydrogens (tertiary/aromatic N) is 1. The van der Waals surface area contributed by atoms with Gasteiger partial charge in [0, 0.05) is 11.1 Å². The van der Waals surface area contributed by atoms with Crippen molar-refractivity contribution in [3.8, 4) is 0 Å². The van der Waals surface area contributed by atoms with Crippen LogP contribution < -0.4 is 0 Å². The molecule has 22 heavy (non-hydrogen) atoms. The molecule has 0 spiro atoms. The second-order valence-electron chi connectivity index (χ2n) is 5.32. The van der Waals surface area contributed by atoms with E-state index >= 15 is 0 Å². The fraction of sp³-hybridized carbons (Fsp3) is 0.533. The van der Waals surface area contributed by atoms with Crippen molar-refractivity contribution in [2.45, 2.75) is 49.6 Å². The summed E-state index contributed by atoms with van der Waals surface area (Å²) in [7, 11) is -2.49. The topological polar surface area (TPSA) is 63.7 Å². The van der Waals surface area contributed by atoms with Crippen molar-refractivity contribution in [2.75, 3.05) is 7.11 Å². The summed E-state index contributed by atoms with van der Waals surface area (Å²) in [6, 6.07) is 5.04. The van der Waals surface area contributed by atoms with E-state index in [0.29, 0.717) is 17.9 Å². The number of carbonyl (C=O) groups excluding carboxylic acids is 1. The van der Waals surface area contributed by atoms with Gasteiger partial charge < -0.3 is 4.74 Å². The second kappa shape index (κ2) is 6.98. The van der Waals surface area contributed by atoms with E-state index in [1.807, 2.05) is 6.92 Å². The first-order valence-electron chi connectivity index (χ1n) is 7.28. The monoisotopic (exact) mass is 345 g/mol. The average Bonchev–Trinajstić information content (AvgIpc) is 2.53. The maximum absolute atomic E-state index is 13.0. The Bertz CT molecular complexity index is 629. The number of sulfonamides is 1. The van der Waals surface area contributed by atoms with Crippen LogP contribution in [0.4, 0.5) is 0 Å². The van der Waals surface area contributed by atoms with Crippen molar-refractivity contribution in [3.63, 3.8) is 0 Å². The van der Waals surface area contributed by atoms with Crippen LogP contribution >= 0.6 is 11.6 Å². The predicted octanol–water partition coefficient (Wildman–Crippen LogP) is 2.83. The zero-order chi connectivity index (χ0) is 16.3. The maximum atomic E-state index is 13.0. The molecular weight excluding hydrogens is 326 g/mol. The summed E-state index contributed by atoms with van der Waals surface area (Å²) in [6.45, 7) is 1.93. The van der Waals surface area contributed by atoms with Gasteiger partial charge in [-0.3, -0.25) is 4.79 Å². The van der Waals surface area contributed by atoms with Crippen LogP contribution in [0, 0.1) is 0 Å². The highest BCUT2D eigenvalue weighted by Crippen LogP contribution is 2.32. The fourth-order valence-electron chi connectivity index (χ4n) is 2.89. The molecule has 1 fully saturated rings. The number of hydrogen-bond donors (Lipinski definition) is 0. The largest absolute Gasteiger partial charge is 0.468 e. The molecule has 7 heteroatoms. The summed E-state index contributed by atoms with van der Waals surface area (Å²) in [5, 5.41) is 0.467. The van der Waals surface area contributed by atoms with Crippen molar-refractivity contribution in [1.29, 1.82) is 0 Å². The Morgan fingerprint density at radius 2 is 1.95 bits per heavy atom. The lowest BCUT2D eigenvalue weighted by Gasteiger charge is -2.39. The molecule has 0 aliphatic carbocycles. The van der Waals surface area contributed by atoms with Gasteiger partial charge in [-0.1, -0.05) is 18.5 Å². The summed E-state index contributed by atoms with van der Waals surface area (Å²) in [6.07, 6.45) is 2.69. The van der Waals surface area contributed by atoms with Gasteiger partial charge >= 0.3 is 5.97 Å². The number of halogens is 1. The molecule has 0 amide bonds. The van der Waals surface area contributed by atoms with Crippen LogP contribution in [-0.2, 0) is 19.6 Å². The Labute approximate surface area is 136 Å². The quantitative estimate of drug-likeness (QED) is 0.787. The van der Waals surface area contributed by atoms with Crippen molar-refractivity contribution < 1.29 is 17.9 Å². The molecule has 2 atom stereocenters. The molecule has 0 radical (unpaired) electrons. The summed E-state index contributed by atoms with van der Waals surface area (Å²) >= 11 is 5.82. The number of carbonyl (C=O) groups is 1. The first kappa shape index (κ1) is 17.2. The van der Waals surface area contributed by atoms with Crippen LogP contribution in [0.3, 0.4) is 0 Å². The third kappa shape index (κ3) is 3.29. The summed E-state index contributed by atoms with van der Waals surface area (Å²) in [5.74, 6) is -0.504. The molecule has 1 aromatic carbocycles. The minimum atomic E-state index is -3.77. The standard InChI is InChI=1S/C15H20ClNO4S/c1-3-12-5-4-6-14(15(18)21-2)17(12)22(19,20)13-9-7-11(16)8-10-13/h7-10,12,14H,3-6H2,1-2H3/t12-,14-/m0/s1. The van der Waals surface area contributed by atoms with E-state index in [9.17, 15) is 13.2 Å². The highest BCUT2D eigenvalue weighted by Gasteiger charge is 2.43. The van der Waals surface area contributed by atoms with E-state index in [2.05, 4.69) is 0 Å². The lowest BCUT2D eigenvalue weighted by molar-refractivity contribution is -0.147. The number of ether oxygens (including phenoxy) is 1. The summed E-state index contributed by atoms with van der Waals surface area (Å²) in [4.78, 5) is 12.2. The van der Waals surface area contributed by atoms with Crippen LogP contribution in [0.1, 0.15) is 32.6 Å². The number of rotatable bonds is 4. The Hall–Kier alpha value is -1.11. The van der Waals surface area contributed by atoms with Crippen molar-refractivity contribution >= 4 is 27.6 Å². The van der Waals surface area contributed by atoms with Crippen LogP contribution in [-0.4, -0.2) is 37.9 Å². The highest BCUT2D eigenvalue weighted by molar-refractivity contribution is 7.89. The van der Waals surface area contributed by atoms with Crippen LogP contribution in [0.25, 0.3) is 0 Å². The lowest BCUT2D eigenvalue weighted by Crippen LogP contribution is -2.53. The number of methoxy groups -OCH3 is 1. The van der Waals surface area contributed by atoms with Crippen molar-refractivity contribution in [1.82, 2.24) is 4.31 Å². The molecule has 0 bridgehead atoms. The highest BCUT2D eigenvalue weighted by atomic mass is 35.5. The fourth-order valence-corrected chi connectivity index (χ4v) is 4.91. The first-order valence-corrected chi connectivity index (χ1v) is 9.10. The maximum Gasteiger partial charge on any atom is 0.324 e. The van der Waals surface area contributed by atoms with Crippen molar-refractivity contribution in [2.24, 2.45) is 0 Å². The van der Waals surface area contributed by atoms with Gasteiger partial charge in [-0.25, -0.2) is 8.42 Å². The number of piperidine rings is 1. The molecule has 5 nitrogen and oxygen atoms in total. The minimum absolute atomic E-state index is 0.145. The van der Waals surface area contributed by atoms with Crippen LogP contribution in [0.15, 0.2) is 29.2 Å². The van der Waals surface area contributed by atoms with E-state index in [-0.39, 0.29) is 10.9 Å². The summed E-state index contributed by atoms with van der Waals surface area (Å²) < 4.78 is 32.1. The molecule has 1 aliphatic rings. The van der Waals surface area contributed by atoms with Gasteiger partial charge in [0.1, 0.15) is 6.04 Å². The normalized spacial score (nSPS) is 23.2. The van der Waals surface area contributed by atoms with Gasteiger partial charge in [0.15, 0.2) is 0 Å². The number of benzene rings is 1. The lowest BCUT2D eigenvalue weighted by atomic mass is 9.97. The molecule has 0 unspecified atom stereocenters. The van der Waals surface area contributed by atoms with Gasteiger partial charge in [0.25, 0.3) is 0 Å². The van der Waals surface area contributed by atoms with E-state index in [0.717, 1.165) is 12.8 Å².